The lowest BCUT2D eigenvalue weighted by molar-refractivity contribution is -0.237. The zero-order valence-electron chi connectivity index (χ0n) is 17.4. The molecule has 0 unspecified atom stereocenters. The molecule has 1 aromatic carbocycles. The fraction of sp³-hybridized carbons (Fsp3) is 0.500. The van der Waals surface area contributed by atoms with Crippen molar-refractivity contribution in [3.63, 3.8) is 0 Å². The van der Waals surface area contributed by atoms with E-state index in [4.69, 9.17) is 9.78 Å². The third-order valence-electron chi connectivity index (χ3n) is 5.74. The average Bonchev–Trinajstić information content (AvgIpc) is 2.72. The molecule has 1 aromatic rings. The van der Waals surface area contributed by atoms with E-state index in [2.05, 4.69) is 19.7 Å². The minimum atomic E-state index is -1.86. The lowest BCUT2D eigenvalue weighted by Crippen LogP contribution is -2.40. The van der Waals surface area contributed by atoms with Crippen molar-refractivity contribution in [1.29, 1.82) is 0 Å². The molecule has 0 saturated heterocycles. The second kappa shape index (κ2) is 12.0. The Kier molecular flexibility index (Phi) is 9.72. The van der Waals surface area contributed by atoms with Gasteiger partial charge >= 0.3 is 5.97 Å². The van der Waals surface area contributed by atoms with Crippen LogP contribution >= 0.6 is 0 Å². The normalized spacial score (nSPS) is 17.8. The Labute approximate surface area is 171 Å². The van der Waals surface area contributed by atoms with Crippen molar-refractivity contribution in [2.75, 3.05) is 0 Å². The Hall–Kier alpha value is -1.65. The molecule has 1 aliphatic carbocycles. The molecule has 2 rings (SSSR count). The van der Waals surface area contributed by atoms with Crippen LogP contribution in [0.5, 0.6) is 0 Å². The molecule has 0 aromatic heterocycles. The van der Waals surface area contributed by atoms with Crippen LogP contribution in [0.3, 0.4) is 0 Å². The molecular formula is C24H35O3Si. The molecule has 0 N–H and O–H groups in total. The Bertz CT molecular complexity index is 603. The van der Waals surface area contributed by atoms with E-state index in [-0.39, 0.29) is 0 Å². The molecule has 0 amide bonds. The second-order valence-electron chi connectivity index (χ2n) is 7.94. The number of hydrogen-bond donors (Lipinski definition) is 0. The van der Waals surface area contributed by atoms with Crippen LogP contribution in [0, 0.1) is 6.10 Å². The first-order valence-electron chi connectivity index (χ1n) is 10.7. The van der Waals surface area contributed by atoms with Crippen LogP contribution in [0.2, 0.25) is 6.55 Å². The van der Waals surface area contributed by atoms with Crippen LogP contribution in [0.1, 0.15) is 81.0 Å². The van der Waals surface area contributed by atoms with Gasteiger partial charge in [-0.05, 0) is 25.0 Å². The zero-order valence-corrected chi connectivity index (χ0v) is 18.4. The van der Waals surface area contributed by atoms with Gasteiger partial charge in [-0.25, -0.2) is 4.79 Å². The van der Waals surface area contributed by atoms with E-state index in [1.165, 1.54) is 50.1 Å². The van der Waals surface area contributed by atoms with Crippen LogP contribution < -0.4 is 5.19 Å². The predicted octanol–water partition coefficient (Wildman–Crippen LogP) is 6.35. The van der Waals surface area contributed by atoms with Gasteiger partial charge in [-0.3, -0.25) is 4.89 Å². The monoisotopic (exact) mass is 399 g/mol. The van der Waals surface area contributed by atoms with Crippen molar-refractivity contribution < 1.29 is 14.6 Å². The molecule has 0 spiro atoms. The van der Waals surface area contributed by atoms with Crippen LogP contribution in [0.15, 0.2) is 48.8 Å². The van der Waals surface area contributed by atoms with Crippen molar-refractivity contribution in [3.05, 3.63) is 60.5 Å². The summed E-state index contributed by atoms with van der Waals surface area (Å²) in [6, 6.07) is 7.53. The van der Waals surface area contributed by atoms with Crippen LogP contribution in [0.25, 0.3) is 0 Å². The van der Waals surface area contributed by atoms with Gasteiger partial charge in [-0.2, -0.15) is 4.89 Å². The Balaban J connectivity index is 1.88. The fourth-order valence-corrected chi connectivity index (χ4v) is 5.04. The van der Waals surface area contributed by atoms with E-state index < -0.39 is 14.0 Å². The number of benzene rings is 1. The third-order valence-corrected chi connectivity index (χ3v) is 9.01. The van der Waals surface area contributed by atoms with Crippen molar-refractivity contribution in [2.45, 2.75) is 77.2 Å². The lowest BCUT2D eigenvalue weighted by atomic mass is 9.99. The number of rotatable bonds is 6. The molecule has 1 aliphatic rings. The van der Waals surface area contributed by atoms with E-state index in [1.54, 1.807) is 12.1 Å². The van der Waals surface area contributed by atoms with Gasteiger partial charge in [-0.15, -0.1) is 13.2 Å². The smallest absolute Gasteiger partial charge is 0.292 e. The van der Waals surface area contributed by atoms with Gasteiger partial charge in [0.1, 0.15) is 14.2 Å². The van der Waals surface area contributed by atoms with Gasteiger partial charge in [0.15, 0.2) is 0 Å². The Morgan fingerprint density at radius 3 is 1.79 bits per heavy atom. The number of carbonyl (C=O) groups is 1. The standard InChI is InChI=1S/C24H35O3Si/c1-4-28(3,5-2)23-19-17-21(18-20-23)24(25)27-26-22-15-13-11-9-7-6-8-10-12-14-16-22/h4-5,17-20H,1-2,6-16H2,3H3. The number of carbonyl (C=O) groups excluding carboxylic acids is 1. The maximum atomic E-state index is 12.4. The quantitative estimate of drug-likeness (QED) is 0.318. The van der Waals surface area contributed by atoms with E-state index in [9.17, 15) is 4.79 Å². The minimum absolute atomic E-state index is 0.439. The molecule has 1 radical (unpaired) electrons. The maximum Gasteiger partial charge on any atom is 0.373 e. The molecule has 3 nitrogen and oxygen atoms in total. The molecule has 153 valence electrons. The highest BCUT2D eigenvalue weighted by Gasteiger charge is 2.22. The highest BCUT2D eigenvalue weighted by atomic mass is 28.3. The van der Waals surface area contributed by atoms with Gasteiger partial charge in [-0.1, -0.05) is 93.1 Å². The summed E-state index contributed by atoms with van der Waals surface area (Å²) in [5.41, 5.74) is 4.47. The van der Waals surface area contributed by atoms with Gasteiger partial charge in [0.2, 0.25) is 0 Å². The molecule has 1 fully saturated rings. The van der Waals surface area contributed by atoms with Gasteiger partial charge < -0.3 is 0 Å². The first-order valence-corrected chi connectivity index (χ1v) is 13.4. The topological polar surface area (TPSA) is 35.5 Å². The van der Waals surface area contributed by atoms with Crippen LogP contribution in [-0.2, 0) is 9.78 Å². The summed E-state index contributed by atoms with van der Waals surface area (Å²) in [6.45, 7) is 10.0. The summed E-state index contributed by atoms with van der Waals surface area (Å²) in [7, 11) is -1.86. The lowest BCUT2D eigenvalue weighted by Gasteiger charge is -2.19. The second-order valence-corrected chi connectivity index (χ2v) is 11.9. The van der Waals surface area contributed by atoms with Crippen molar-refractivity contribution in [3.8, 4) is 0 Å². The van der Waals surface area contributed by atoms with Crippen molar-refractivity contribution in [1.82, 2.24) is 0 Å². The minimum Gasteiger partial charge on any atom is -0.292 e. The highest BCUT2D eigenvalue weighted by molar-refractivity contribution is 6.98. The Morgan fingerprint density at radius 2 is 1.32 bits per heavy atom. The van der Waals surface area contributed by atoms with Crippen LogP contribution in [-0.4, -0.2) is 14.0 Å². The summed E-state index contributed by atoms with van der Waals surface area (Å²) >= 11 is 0. The molecule has 0 bridgehead atoms. The summed E-state index contributed by atoms with van der Waals surface area (Å²) in [5.74, 6) is -0.439. The van der Waals surface area contributed by atoms with Crippen molar-refractivity contribution in [2.24, 2.45) is 0 Å². The summed E-state index contributed by atoms with van der Waals surface area (Å²) in [5, 5.41) is 1.17. The van der Waals surface area contributed by atoms with Crippen molar-refractivity contribution >= 4 is 19.2 Å². The molecule has 4 heteroatoms. The van der Waals surface area contributed by atoms with E-state index >= 15 is 0 Å². The van der Waals surface area contributed by atoms with E-state index in [1.807, 2.05) is 23.5 Å². The molecule has 0 aliphatic heterocycles. The van der Waals surface area contributed by atoms with Gasteiger partial charge in [0.05, 0.1) is 5.56 Å². The van der Waals surface area contributed by atoms with E-state index in [0.717, 1.165) is 31.8 Å². The van der Waals surface area contributed by atoms with Gasteiger partial charge in [0, 0.05) is 0 Å². The average molecular weight is 400 g/mol. The Morgan fingerprint density at radius 1 is 0.857 bits per heavy atom. The van der Waals surface area contributed by atoms with E-state index in [0.29, 0.717) is 5.56 Å². The third kappa shape index (κ3) is 7.06. The molecule has 0 heterocycles. The highest BCUT2D eigenvalue weighted by Crippen LogP contribution is 2.24. The molecule has 28 heavy (non-hydrogen) atoms. The molecule has 1 saturated carbocycles. The molecular weight excluding hydrogens is 364 g/mol. The van der Waals surface area contributed by atoms with Gasteiger partial charge in [0.25, 0.3) is 0 Å². The van der Waals surface area contributed by atoms with Crippen LogP contribution in [0.4, 0.5) is 0 Å². The fourth-order valence-electron chi connectivity index (χ4n) is 3.52. The summed E-state index contributed by atoms with van der Waals surface area (Å²) in [6.07, 6.45) is 13.9. The molecule has 0 atom stereocenters. The first-order chi connectivity index (χ1) is 13.6. The summed E-state index contributed by atoms with van der Waals surface area (Å²) < 4.78 is 0. The SMILES string of the molecule is C=C[Si](C)(C=C)c1ccc(C(=O)OO[C]2CCCCCCCCCCC2)cc1. The predicted molar refractivity (Wildman–Crippen MR) is 119 cm³/mol. The number of hydrogen-bond acceptors (Lipinski definition) is 3. The maximum absolute atomic E-state index is 12.4. The first kappa shape index (κ1) is 22.6. The summed E-state index contributed by atoms with van der Waals surface area (Å²) in [4.78, 5) is 23.0. The largest absolute Gasteiger partial charge is 0.373 e. The zero-order chi connectivity index (χ0) is 20.2.